The van der Waals surface area contributed by atoms with Crippen LogP contribution in [0.4, 0.5) is 13.2 Å². The highest BCUT2D eigenvalue weighted by Gasteiger charge is 2.35. The number of dihydropyridines is 1. The Bertz CT molecular complexity index is 518. The molecule has 1 heterocycles. The van der Waals surface area contributed by atoms with Gasteiger partial charge in [0, 0.05) is 6.20 Å². The van der Waals surface area contributed by atoms with Crippen LogP contribution in [0.5, 0.6) is 5.75 Å². The molecule has 19 heavy (non-hydrogen) atoms. The molecule has 0 bridgehead atoms. The fourth-order valence-corrected chi connectivity index (χ4v) is 1.80. The van der Waals surface area contributed by atoms with Crippen molar-refractivity contribution in [3.63, 3.8) is 0 Å². The van der Waals surface area contributed by atoms with Gasteiger partial charge in [-0.1, -0.05) is 12.1 Å². The van der Waals surface area contributed by atoms with Crippen molar-refractivity contribution in [2.75, 3.05) is 7.11 Å². The highest BCUT2D eigenvalue weighted by molar-refractivity contribution is 5.72. The molecule has 3 nitrogen and oxygen atoms in total. The minimum Gasteiger partial charge on any atom is -0.497 e. The van der Waals surface area contributed by atoms with Gasteiger partial charge in [-0.05, 0) is 29.3 Å². The molecule has 102 valence electrons. The molecule has 0 fully saturated rings. The molecule has 0 unspecified atom stereocenters. The number of halogens is 3. The van der Waals surface area contributed by atoms with Crippen molar-refractivity contribution < 1.29 is 17.9 Å². The minimum atomic E-state index is -4.42. The second-order valence-corrected chi connectivity index (χ2v) is 4.08. The molecule has 6 heteroatoms. The van der Waals surface area contributed by atoms with Crippen LogP contribution in [0.1, 0.15) is 5.56 Å². The lowest BCUT2D eigenvalue weighted by Crippen LogP contribution is -2.32. The smallest absolute Gasteiger partial charge is 0.430 e. The first-order valence-electron chi connectivity index (χ1n) is 5.57. The first kappa shape index (κ1) is 13.5. The zero-order chi connectivity index (χ0) is 14.0. The van der Waals surface area contributed by atoms with Gasteiger partial charge in [-0.3, -0.25) is 0 Å². The Hall–Kier alpha value is -1.95. The van der Waals surface area contributed by atoms with Crippen LogP contribution in [-0.4, -0.2) is 19.3 Å². The van der Waals surface area contributed by atoms with Gasteiger partial charge in [-0.25, -0.2) is 0 Å². The van der Waals surface area contributed by atoms with Crippen LogP contribution in [0.25, 0.3) is 5.57 Å². The summed E-state index contributed by atoms with van der Waals surface area (Å²) in [6.07, 6.45) is -2.16. The van der Waals surface area contributed by atoms with Crippen molar-refractivity contribution in [3.8, 4) is 5.75 Å². The molecule has 0 spiro atoms. The third kappa shape index (κ3) is 2.90. The lowest BCUT2D eigenvalue weighted by atomic mass is 9.97. The number of ether oxygens (including phenoxy) is 1. The lowest BCUT2D eigenvalue weighted by Gasteiger charge is -2.22. The number of methoxy groups -OCH3 is 1. The van der Waals surface area contributed by atoms with Gasteiger partial charge in [0.15, 0.2) is 0 Å². The van der Waals surface area contributed by atoms with Gasteiger partial charge in [-0.15, -0.1) is 0 Å². The molecule has 1 atom stereocenters. The van der Waals surface area contributed by atoms with E-state index < -0.39 is 17.9 Å². The normalized spacial score (nSPS) is 19.3. The zero-order valence-corrected chi connectivity index (χ0v) is 10.2. The van der Waals surface area contributed by atoms with Gasteiger partial charge in [0.25, 0.3) is 0 Å². The Kier molecular flexibility index (Phi) is 3.53. The largest absolute Gasteiger partial charge is 0.497 e. The number of alkyl halides is 3. The Labute approximate surface area is 108 Å². The Morgan fingerprint density at radius 3 is 2.32 bits per heavy atom. The molecule has 1 aliphatic rings. The second-order valence-electron chi connectivity index (χ2n) is 4.08. The van der Waals surface area contributed by atoms with E-state index in [1.165, 1.54) is 6.20 Å². The van der Waals surface area contributed by atoms with Gasteiger partial charge in [-0.2, -0.15) is 13.2 Å². The van der Waals surface area contributed by atoms with E-state index in [-0.39, 0.29) is 0 Å². The molecule has 1 aromatic rings. The molecule has 0 aromatic heterocycles. The summed E-state index contributed by atoms with van der Waals surface area (Å²) in [6, 6.07) is 6.15. The van der Waals surface area contributed by atoms with E-state index in [9.17, 15) is 13.2 Å². The summed E-state index contributed by atoms with van der Waals surface area (Å²) >= 11 is 0. The van der Waals surface area contributed by atoms with E-state index in [2.05, 4.69) is 5.32 Å². The molecule has 1 aromatic carbocycles. The standard InChI is InChI=1S/C13H13F3N2O/c1-19-9-4-2-8(3-5-9)10-7-18-12(6-11(10)17)13(14,15)16/h2-7,11,18H,17H2,1H3/t11-/m1/s1. The average molecular weight is 270 g/mol. The number of hydrogen-bond donors (Lipinski definition) is 2. The summed E-state index contributed by atoms with van der Waals surface area (Å²) in [4.78, 5) is 0. The van der Waals surface area contributed by atoms with E-state index in [1.54, 1.807) is 31.4 Å². The monoisotopic (exact) mass is 270 g/mol. The number of benzene rings is 1. The fraction of sp³-hybridized carbons (Fsp3) is 0.231. The minimum absolute atomic E-state index is 0.593. The first-order valence-corrected chi connectivity index (χ1v) is 5.57. The van der Waals surface area contributed by atoms with E-state index in [0.29, 0.717) is 11.3 Å². The molecule has 2 rings (SSSR count). The van der Waals surface area contributed by atoms with Crippen LogP contribution in [-0.2, 0) is 0 Å². The Morgan fingerprint density at radius 2 is 1.84 bits per heavy atom. The SMILES string of the molecule is COc1ccc(C2=CNC(C(F)(F)F)=C[C@H]2N)cc1. The summed E-state index contributed by atoms with van der Waals surface area (Å²) in [7, 11) is 1.54. The van der Waals surface area contributed by atoms with E-state index in [1.807, 2.05) is 0 Å². The molecule has 1 aliphatic heterocycles. The molecular weight excluding hydrogens is 257 g/mol. The molecule has 0 aliphatic carbocycles. The van der Waals surface area contributed by atoms with E-state index in [4.69, 9.17) is 10.5 Å². The Morgan fingerprint density at radius 1 is 1.21 bits per heavy atom. The quantitative estimate of drug-likeness (QED) is 0.867. The highest BCUT2D eigenvalue weighted by Crippen LogP contribution is 2.29. The lowest BCUT2D eigenvalue weighted by molar-refractivity contribution is -0.0959. The fourth-order valence-electron chi connectivity index (χ4n) is 1.80. The Balaban J connectivity index is 2.22. The number of nitrogens with one attached hydrogen (secondary N) is 1. The number of hydrogen-bond acceptors (Lipinski definition) is 3. The zero-order valence-electron chi connectivity index (χ0n) is 10.2. The van der Waals surface area contributed by atoms with Crippen molar-refractivity contribution in [2.45, 2.75) is 12.2 Å². The third-order valence-electron chi connectivity index (χ3n) is 2.82. The topological polar surface area (TPSA) is 47.3 Å². The van der Waals surface area contributed by atoms with Crippen LogP contribution >= 0.6 is 0 Å². The third-order valence-corrected chi connectivity index (χ3v) is 2.82. The van der Waals surface area contributed by atoms with Gasteiger partial charge >= 0.3 is 6.18 Å². The molecule has 0 radical (unpaired) electrons. The van der Waals surface area contributed by atoms with Crippen LogP contribution in [0.15, 0.2) is 42.2 Å². The van der Waals surface area contributed by atoms with Crippen molar-refractivity contribution in [3.05, 3.63) is 47.8 Å². The van der Waals surface area contributed by atoms with Crippen molar-refractivity contribution in [1.29, 1.82) is 0 Å². The molecule has 0 saturated carbocycles. The molecule has 0 amide bonds. The van der Waals surface area contributed by atoms with Gasteiger partial charge in [0.2, 0.25) is 0 Å². The summed E-state index contributed by atoms with van der Waals surface area (Å²) in [5, 5.41) is 2.23. The number of allylic oxidation sites excluding steroid dienone is 1. The summed E-state index contributed by atoms with van der Waals surface area (Å²) < 4.78 is 42.6. The number of rotatable bonds is 2. The summed E-state index contributed by atoms with van der Waals surface area (Å²) in [5.41, 5.74) is 6.26. The molecule has 3 N–H and O–H groups in total. The highest BCUT2D eigenvalue weighted by atomic mass is 19.4. The predicted octanol–water partition coefficient (Wildman–Crippen LogP) is 2.41. The maximum atomic E-state index is 12.5. The van der Waals surface area contributed by atoms with E-state index in [0.717, 1.165) is 11.6 Å². The number of nitrogens with two attached hydrogens (primary N) is 1. The van der Waals surface area contributed by atoms with Crippen LogP contribution in [0.2, 0.25) is 0 Å². The summed E-state index contributed by atoms with van der Waals surface area (Å²) in [6.45, 7) is 0. The predicted molar refractivity (Wildman–Crippen MR) is 66.2 cm³/mol. The van der Waals surface area contributed by atoms with Gasteiger partial charge < -0.3 is 15.8 Å². The van der Waals surface area contributed by atoms with E-state index >= 15 is 0 Å². The summed E-state index contributed by atoms with van der Waals surface area (Å²) in [5.74, 6) is 0.674. The average Bonchev–Trinajstić information content (AvgIpc) is 2.38. The van der Waals surface area contributed by atoms with Crippen LogP contribution in [0.3, 0.4) is 0 Å². The second kappa shape index (κ2) is 4.97. The maximum absolute atomic E-state index is 12.5. The first-order chi connectivity index (χ1) is 8.91. The van der Waals surface area contributed by atoms with Crippen molar-refractivity contribution in [2.24, 2.45) is 5.73 Å². The van der Waals surface area contributed by atoms with Gasteiger partial charge in [0.1, 0.15) is 11.4 Å². The van der Waals surface area contributed by atoms with Crippen molar-refractivity contribution >= 4 is 5.57 Å². The molecular formula is C13H13F3N2O. The van der Waals surface area contributed by atoms with Crippen LogP contribution in [0, 0.1) is 0 Å². The van der Waals surface area contributed by atoms with Crippen LogP contribution < -0.4 is 15.8 Å². The molecule has 0 saturated heterocycles. The van der Waals surface area contributed by atoms with Crippen molar-refractivity contribution in [1.82, 2.24) is 5.32 Å². The van der Waals surface area contributed by atoms with Gasteiger partial charge in [0.05, 0.1) is 13.2 Å². The maximum Gasteiger partial charge on any atom is 0.430 e.